The van der Waals surface area contributed by atoms with Gasteiger partial charge >= 0.3 is 5.97 Å². The first-order valence-corrected chi connectivity index (χ1v) is 15.5. The number of aromatic hydroxyl groups is 1. The Hall–Kier alpha value is -4.21. The number of sulfonamides is 1. The second kappa shape index (κ2) is 12.3. The lowest BCUT2D eigenvalue weighted by molar-refractivity contribution is -0.118. The molecule has 8 nitrogen and oxygen atoms in total. The molecule has 5 rings (SSSR count). The average molecular weight is 587 g/mol. The Morgan fingerprint density at radius 3 is 2.21 bits per heavy atom. The third-order valence-electron chi connectivity index (χ3n) is 8.01. The fourth-order valence-corrected chi connectivity index (χ4v) is 6.73. The first-order chi connectivity index (χ1) is 20.1. The zero-order valence-electron chi connectivity index (χ0n) is 23.4. The molecule has 1 aliphatic rings. The monoisotopic (exact) mass is 586 g/mol. The van der Waals surface area contributed by atoms with Crippen molar-refractivity contribution in [1.29, 1.82) is 0 Å². The van der Waals surface area contributed by atoms with Gasteiger partial charge in [0.1, 0.15) is 11.3 Å². The summed E-state index contributed by atoms with van der Waals surface area (Å²) in [5.74, 6) is -1.78. The fraction of sp³-hybridized carbons (Fsp3) is 0.273. The number of carboxylic acid groups (broad SMARTS) is 1. The first kappa shape index (κ1) is 29.3. The minimum atomic E-state index is -4.00. The second-order valence-corrected chi connectivity index (χ2v) is 12.9. The predicted molar refractivity (Wildman–Crippen MR) is 162 cm³/mol. The van der Waals surface area contributed by atoms with Crippen LogP contribution in [-0.2, 0) is 21.4 Å². The van der Waals surface area contributed by atoms with Crippen LogP contribution in [0.15, 0.2) is 89.8 Å². The third-order valence-corrected chi connectivity index (χ3v) is 9.81. The molecule has 0 spiro atoms. The lowest BCUT2D eigenvalue weighted by Gasteiger charge is -2.27. The summed E-state index contributed by atoms with van der Waals surface area (Å²) in [6.45, 7) is -0.351. The van der Waals surface area contributed by atoms with Gasteiger partial charge in [0.25, 0.3) is 0 Å². The number of amides is 1. The summed E-state index contributed by atoms with van der Waals surface area (Å²) in [6, 6.07) is 24.2. The van der Waals surface area contributed by atoms with Crippen molar-refractivity contribution in [3.8, 4) is 5.75 Å². The van der Waals surface area contributed by atoms with E-state index in [-0.39, 0.29) is 22.7 Å². The van der Waals surface area contributed by atoms with Crippen LogP contribution in [0, 0.1) is 0 Å². The molecule has 1 aliphatic carbocycles. The van der Waals surface area contributed by atoms with Gasteiger partial charge in [0.15, 0.2) is 0 Å². The van der Waals surface area contributed by atoms with Gasteiger partial charge in [-0.05, 0) is 64.9 Å². The molecule has 42 heavy (non-hydrogen) atoms. The fourth-order valence-electron chi connectivity index (χ4n) is 5.57. The smallest absolute Gasteiger partial charge is 0.339 e. The Morgan fingerprint density at radius 2 is 1.55 bits per heavy atom. The number of carbonyl (C=O) groups is 2. The number of rotatable bonds is 9. The molecule has 1 saturated carbocycles. The molecule has 0 aliphatic heterocycles. The van der Waals surface area contributed by atoms with Crippen LogP contribution >= 0.6 is 0 Å². The zero-order chi connectivity index (χ0) is 29.9. The third kappa shape index (κ3) is 6.32. The highest BCUT2D eigenvalue weighted by Gasteiger charge is 2.27. The minimum Gasteiger partial charge on any atom is -0.507 e. The van der Waals surface area contributed by atoms with Crippen molar-refractivity contribution in [2.75, 3.05) is 18.5 Å². The summed E-state index contributed by atoms with van der Waals surface area (Å²) < 4.78 is 27.9. The Morgan fingerprint density at radius 1 is 0.857 bits per heavy atom. The van der Waals surface area contributed by atoms with E-state index in [1.165, 1.54) is 61.0 Å². The molecule has 4 aromatic rings. The summed E-state index contributed by atoms with van der Waals surface area (Å²) in [6.07, 6.45) is 6.04. The van der Waals surface area contributed by atoms with Crippen LogP contribution in [-0.4, -0.2) is 48.4 Å². The highest BCUT2D eigenvalue weighted by molar-refractivity contribution is 7.89. The van der Waals surface area contributed by atoms with E-state index < -0.39 is 34.2 Å². The number of fused-ring (bicyclic) bond motifs is 1. The maximum atomic E-state index is 13.7. The van der Waals surface area contributed by atoms with Gasteiger partial charge in [0, 0.05) is 18.8 Å². The van der Waals surface area contributed by atoms with E-state index in [4.69, 9.17) is 0 Å². The number of aromatic carboxylic acids is 1. The van der Waals surface area contributed by atoms with Crippen LogP contribution in [0.5, 0.6) is 5.75 Å². The first-order valence-electron chi connectivity index (χ1n) is 14.0. The van der Waals surface area contributed by atoms with Crippen molar-refractivity contribution in [1.82, 2.24) is 4.31 Å². The lowest BCUT2D eigenvalue weighted by atomic mass is 9.84. The molecule has 0 saturated heterocycles. The Bertz CT molecular complexity index is 1710. The maximum absolute atomic E-state index is 13.7. The van der Waals surface area contributed by atoms with Crippen LogP contribution in [0.25, 0.3) is 10.8 Å². The zero-order valence-corrected chi connectivity index (χ0v) is 24.3. The molecular weight excluding hydrogens is 552 g/mol. The van der Waals surface area contributed by atoms with Gasteiger partial charge in [0.05, 0.1) is 18.0 Å². The van der Waals surface area contributed by atoms with Crippen LogP contribution in [0.3, 0.4) is 0 Å². The van der Waals surface area contributed by atoms with E-state index in [1.54, 1.807) is 12.1 Å². The molecule has 0 radical (unpaired) electrons. The molecule has 0 aromatic heterocycles. The molecule has 2 N–H and O–H groups in total. The largest absolute Gasteiger partial charge is 0.507 e. The second-order valence-electron chi connectivity index (χ2n) is 10.8. The molecule has 0 atom stereocenters. The highest BCUT2D eigenvalue weighted by Crippen LogP contribution is 2.33. The molecule has 218 valence electrons. The molecule has 4 aromatic carbocycles. The van der Waals surface area contributed by atoms with Crippen LogP contribution < -0.4 is 4.90 Å². The molecule has 0 heterocycles. The minimum absolute atomic E-state index is 0.0739. The van der Waals surface area contributed by atoms with Crippen molar-refractivity contribution in [3.63, 3.8) is 0 Å². The summed E-state index contributed by atoms with van der Waals surface area (Å²) >= 11 is 0. The van der Waals surface area contributed by atoms with E-state index in [0.29, 0.717) is 5.92 Å². The maximum Gasteiger partial charge on any atom is 0.339 e. The van der Waals surface area contributed by atoms with Gasteiger partial charge < -0.3 is 15.1 Å². The van der Waals surface area contributed by atoms with Gasteiger partial charge in [-0.3, -0.25) is 4.79 Å². The molecule has 1 amide bonds. The van der Waals surface area contributed by atoms with Crippen molar-refractivity contribution in [3.05, 3.63) is 102 Å². The number of likely N-dealkylation sites (N-methyl/N-ethyl adjacent to an activating group) is 1. The van der Waals surface area contributed by atoms with Gasteiger partial charge in [0.2, 0.25) is 15.9 Å². The quantitative estimate of drug-likeness (QED) is 0.243. The van der Waals surface area contributed by atoms with Crippen LogP contribution in [0.4, 0.5) is 5.69 Å². The van der Waals surface area contributed by atoms with Crippen molar-refractivity contribution >= 4 is 38.4 Å². The van der Waals surface area contributed by atoms with Gasteiger partial charge in [-0.2, -0.15) is 4.31 Å². The normalized spacial score (nSPS) is 14.2. The predicted octanol–water partition coefficient (Wildman–Crippen LogP) is 6.15. The topological polar surface area (TPSA) is 115 Å². The summed E-state index contributed by atoms with van der Waals surface area (Å²) in [7, 11) is -2.65. The average Bonchev–Trinajstić information content (AvgIpc) is 3.00. The molecule has 1 fully saturated rings. The number of carbonyl (C=O) groups excluding carboxylic acids is 1. The van der Waals surface area contributed by atoms with E-state index >= 15 is 0 Å². The summed E-state index contributed by atoms with van der Waals surface area (Å²) in [4.78, 5) is 26.6. The van der Waals surface area contributed by atoms with E-state index in [2.05, 4.69) is 12.1 Å². The van der Waals surface area contributed by atoms with Crippen LogP contribution in [0.2, 0.25) is 0 Å². The van der Waals surface area contributed by atoms with E-state index in [0.717, 1.165) is 33.5 Å². The number of nitrogens with zero attached hydrogens (tertiary/aromatic N) is 2. The highest BCUT2D eigenvalue weighted by atomic mass is 32.2. The van der Waals surface area contributed by atoms with Gasteiger partial charge in [-0.15, -0.1) is 0 Å². The number of hydrogen-bond donors (Lipinski definition) is 2. The molecule has 9 heteroatoms. The van der Waals surface area contributed by atoms with Crippen molar-refractivity contribution in [2.45, 2.75) is 49.5 Å². The standard InChI is InChI=1S/C33H34N2O6S/c1-34(42(40,41)29-17-15-25-9-5-6-10-27(25)19-29)22-32(37)35(28-16-18-30(33(38)39)31(36)20-28)21-23-11-13-26(14-12-23)24-7-3-2-4-8-24/h5-6,9-20,24,36H,2-4,7-8,21-22H2,1H3,(H,38,39). The van der Waals surface area contributed by atoms with E-state index in [1.807, 2.05) is 36.4 Å². The number of benzene rings is 4. The SMILES string of the molecule is CN(CC(=O)N(Cc1ccc(C2CCCCC2)cc1)c1ccc(C(=O)O)c(O)c1)S(=O)(=O)c1ccc2ccccc2c1. The Kier molecular flexibility index (Phi) is 8.61. The number of phenols is 1. The lowest BCUT2D eigenvalue weighted by Crippen LogP contribution is -2.41. The van der Waals surface area contributed by atoms with Crippen LogP contribution in [0.1, 0.15) is 59.5 Å². The number of carboxylic acids is 1. The molecular formula is C33H34N2O6S. The summed E-state index contributed by atoms with van der Waals surface area (Å²) in [5.41, 5.74) is 2.06. The van der Waals surface area contributed by atoms with Crippen molar-refractivity contribution < 1.29 is 28.2 Å². The summed E-state index contributed by atoms with van der Waals surface area (Å²) in [5, 5.41) is 21.4. The Labute approximate surface area is 245 Å². The van der Waals surface area contributed by atoms with E-state index in [9.17, 15) is 28.2 Å². The van der Waals surface area contributed by atoms with Gasteiger partial charge in [-0.1, -0.05) is 73.9 Å². The molecule has 0 unspecified atom stereocenters. The van der Waals surface area contributed by atoms with Crippen molar-refractivity contribution in [2.24, 2.45) is 0 Å². The molecule has 0 bridgehead atoms. The Balaban J connectivity index is 1.41. The number of anilines is 1. The van der Waals surface area contributed by atoms with Gasteiger partial charge in [-0.25, -0.2) is 13.2 Å². The number of hydrogen-bond acceptors (Lipinski definition) is 5.